The van der Waals surface area contributed by atoms with Gasteiger partial charge in [0.05, 0.1) is 26.1 Å². The molecule has 1 aliphatic heterocycles. The number of nitrogens with zero attached hydrogens (tertiary/aromatic N) is 1. The number of phenols is 2. The number of nitrogens with two attached hydrogens (primary N) is 1. The number of hydrogen-bond acceptors (Lipinski definition) is 23. The highest BCUT2D eigenvalue weighted by atomic mass is 32.2. The number of thiol groups is 2. The van der Waals surface area contributed by atoms with Crippen molar-refractivity contribution in [2.45, 2.75) is 250 Å². The van der Waals surface area contributed by atoms with Gasteiger partial charge in [0, 0.05) is 92.8 Å². The molecule has 614 valence electrons. The number of amides is 4. The van der Waals surface area contributed by atoms with E-state index in [2.05, 4.69) is 94.4 Å². The number of hydrogen-bond donors (Lipinski definition) is 13. The molecule has 1 fully saturated rings. The van der Waals surface area contributed by atoms with Crippen molar-refractivity contribution in [1.82, 2.24) is 19.7 Å². The van der Waals surface area contributed by atoms with Gasteiger partial charge in [-0.15, -0.1) is 0 Å². The molecule has 0 aromatic heterocycles. The summed E-state index contributed by atoms with van der Waals surface area (Å²) in [6, 6.07) is 9.38. The molecular weight excluding hydrogens is 1530 g/mol. The fourth-order valence-electron chi connectivity index (χ4n) is 13.6. The topological polar surface area (TPSA) is 434 Å². The van der Waals surface area contributed by atoms with Crippen molar-refractivity contribution in [3.63, 3.8) is 0 Å². The van der Waals surface area contributed by atoms with Crippen LogP contribution >= 0.6 is 25.6 Å². The lowest BCUT2D eigenvalue weighted by molar-refractivity contribution is -0.149. The molecule has 33 heteroatoms. The van der Waals surface area contributed by atoms with E-state index in [0.717, 1.165) is 118 Å². The summed E-state index contributed by atoms with van der Waals surface area (Å²) in [7, 11) is -18.2. The summed E-state index contributed by atoms with van der Waals surface area (Å²) in [5.74, 6) is 2.95. The van der Waals surface area contributed by atoms with E-state index < -0.39 is 50.3 Å². The third-order valence-electron chi connectivity index (χ3n) is 19.4. The summed E-state index contributed by atoms with van der Waals surface area (Å²) in [4.78, 5) is 47.4. The number of rotatable bonds is 45. The summed E-state index contributed by atoms with van der Waals surface area (Å²) in [5, 5.41) is 23.9. The minimum absolute atomic E-state index is 0. The SMILES string of the molecule is C.CCCCC(C)C(CCCCC(=O)N1C(=O)CCC1=O)C(C)CCCC.CCc1cc(S(=O)(=O)O)cc(Cc2cc(S(=O)(=O)O)cc(C)c2O)c1OCCN.CCc1cc(S(=O)(=O)O)cc(Cc2cc(S(=O)(=O)O)cc(C)c2O)c1OCCNC(=O)CCCCC(C(C)CCCNS)C(C)CCCNS.N=S. The second kappa shape index (κ2) is 50.6. The molecule has 4 unspecified atom stereocenters. The lowest BCUT2D eigenvalue weighted by atomic mass is 9.76. The van der Waals surface area contributed by atoms with E-state index in [1.807, 2.05) is 0 Å². The molecule has 0 radical (unpaired) electrons. The fourth-order valence-corrected chi connectivity index (χ4v) is 16.3. The van der Waals surface area contributed by atoms with Crippen LogP contribution in [0, 0.1) is 54.1 Å². The van der Waals surface area contributed by atoms with Gasteiger partial charge < -0.3 is 30.7 Å². The maximum Gasteiger partial charge on any atom is 0.294 e. The summed E-state index contributed by atoms with van der Waals surface area (Å²) in [6.45, 7) is 22.7. The third kappa shape index (κ3) is 34.3. The Labute approximate surface area is 659 Å². The standard InChI is InChI=1S/C34H55N3O9S4.C22H39NO3.C18H23NO8S2.CH4.HNS/c1-5-26-20-30(50(43,44)45)22-28(19-27-21-29(49(40,41)42)18-25(4)33(27)39)34(26)46-17-16-35-32(38)13-7-6-12-31(23(2)10-8-14-36-47)24(3)11-9-15-37-48;1-5-7-11-17(3)19(18(4)12-8-6-2)13-9-10-14-20(24)23-21(25)15-16-22(23)26;1-3-12-8-16(29(24,25)26)10-14(18(12)27-5-4-19)7-13-9-15(28(21,22)23)6-11(2)17(13)20;;1-2/h18,20-24,31,36-37,39,47-48H,5-17,19H2,1-4H3,(H,35,38)(H,40,41,42)(H,43,44,45);17-19H,5-16H2,1-4H3;6,8-10,20H,3-5,7,19H2,1-2H3,(H,21,22,23)(H,24,25,26);1H4;1H. The van der Waals surface area contributed by atoms with E-state index in [1.54, 1.807) is 13.8 Å². The van der Waals surface area contributed by atoms with Gasteiger partial charge >= 0.3 is 0 Å². The number of likely N-dealkylation sites (tertiary alicyclic amines) is 1. The lowest BCUT2D eigenvalue weighted by Gasteiger charge is -2.30. The summed E-state index contributed by atoms with van der Waals surface area (Å²) < 4.78 is 155. The number of carbonyl (C=O) groups excluding carboxylic acids is 4. The second-order valence-corrected chi connectivity index (χ2v) is 33.9. The molecule has 4 atom stereocenters. The maximum atomic E-state index is 12.7. The molecule has 26 nitrogen and oxygen atoms in total. The Bertz CT molecular complexity index is 3920. The molecule has 12 N–H and O–H groups in total. The molecule has 108 heavy (non-hydrogen) atoms. The summed E-state index contributed by atoms with van der Waals surface area (Å²) in [5.41, 5.74) is 7.60. The number of unbranched alkanes of at least 4 members (excludes halogenated alkanes) is 4. The molecule has 4 aromatic carbocycles. The zero-order chi connectivity index (χ0) is 81.0. The van der Waals surface area contributed by atoms with Crippen LogP contribution in [-0.4, -0.2) is 130 Å². The molecule has 4 aromatic rings. The first-order valence-corrected chi connectivity index (χ1v) is 43.8. The molecule has 1 aliphatic rings. The predicted molar refractivity (Wildman–Crippen MR) is 430 cm³/mol. The van der Waals surface area contributed by atoms with Crippen LogP contribution in [0.3, 0.4) is 0 Å². The van der Waals surface area contributed by atoms with Crippen molar-refractivity contribution in [3.8, 4) is 23.0 Å². The number of aromatic hydroxyl groups is 2. The zero-order valence-corrected chi connectivity index (χ0v) is 69.5. The Hall–Kier alpha value is -5.40. The number of imide groups is 3. The monoisotopic (exact) mass is 1650 g/mol. The van der Waals surface area contributed by atoms with E-state index in [9.17, 15) is 81.3 Å². The average molecular weight is 1650 g/mol. The van der Waals surface area contributed by atoms with Crippen molar-refractivity contribution in [1.29, 1.82) is 4.78 Å². The average Bonchev–Trinajstić information content (AvgIpc) is 0.942. The number of nitrogens with one attached hydrogen (secondary N) is 4. The number of aryl methyl sites for hydroxylation is 4. The molecule has 0 spiro atoms. The van der Waals surface area contributed by atoms with Gasteiger partial charge in [0.1, 0.15) is 36.2 Å². The molecule has 4 amide bonds. The minimum atomic E-state index is -4.61. The van der Waals surface area contributed by atoms with Crippen molar-refractivity contribution >= 4 is 102 Å². The fraction of sp³-hybridized carbons (Fsp3) is 0.627. The molecular formula is C75H122N6O20S7. The summed E-state index contributed by atoms with van der Waals surface area (Å²) >= 11 is 11.5. The molecule has 1 heterocycles. The van der Waals surface area contributed by atoms with Gasteiger partial charge in [-0.25, -0.2) is 9.68 Å². The van der Waals surface area contributed by atoms with Gasteiger partial charge in [0.2, 0.25) is 23.6 Å². The number of phenolic OH excluding ortho intramolecular Hbond substituents is 2. The first kappa shape index (κ1) is 101. The normalized spacial score (nSPS) is 14.1. The highest BCUT2D eigenvalue weighted by Gasteiger charge is 2.34. The van der Waals surface area contributed by atoms with E-state index in [4.69, 9.17) is 20.0 Å². The summed E-state index contributed by atoms with van der Waals surface area (Å²) in [6.07, 6.45) is 19.1. The molecule has 5 rings (SSSR count). The third-order valence-corrected chi connectivity index (χ3v) is 23.2. The number of ether oxygens (including phenoxy) is 2. The van der Waals surface area contributed by atoms with Gasteiger partial charge in [-0.05, 0) is 184 Å². The van der Waals surface area contributed by atoms with Gasteiger partial charge in [0.15, 0.2) is 0 Å². The minimum Gasteiger partial charge on any atom is -0.507 e. The van der Waals surface area contributed by atoms with Crippen LogP contribution in [0.1, 0.15) is 236 Å². The molecule has 0 aliphatic carbocycles. The van der Waals surface area contributed by atoms with Crippen LogP contribution in [0.4, 0.5) is 0 Å². The van der Waals surface area contributed by atoms with Gasteiger partial charge in [0.25, 0.3) is 40.5 Å². The maximum absolute atomic E-state index is 12.7. The van der Waals surface area contributed by atoms with E-state index in [0.29, 0.717) is 71.8 Å². The molecule has 1 saturated heterocycles. The molecule has 0 bridgehead atoms. The van der Waals surface area contributed by atoms with Crippen LogP contribution < -0.4 is 30.0 Å². The Morgan fingerprint density at radius 3 is 1.19 bits per heavy atom. The Morgan fingerprint density at radius 1 is 0.509 bits per heavy atom. The zero-order valence-electron chi connectivity index (χ0n) is 63.7. The Morgan fingerprint density at radius 2 is 0.843 bits per heavy atom. The predicted octanol–water partition coefficient (Wildman–Crippen LogP) is 13.8. The van der Waals surface area contributed by atoms with Crippen LogP contribution in [-0.2, 0) is 97.8 Å². The smallest absolute Gasteiger partial charge is 0.294 e. The number of carbonyl (C=O) groups is 4. The number of benzene rings is 4. The van der Waals surface area contributed by atoms with Crippen molar-refractivity contribution in [2.75, 3.05) is 39.4 Å². The van der Waals surface area contributed by atoms with Crippen LogP contribution in [0.5, 0.6) is 23.0 Å². The van der Waals surface area contributed by atoms with Crippen LogP contribution in [0.2, 0.25) is 0 Å². The van der Waals surface area contributed by atoms with E-state index in [-0.39, 0.29) is 138 Å². The highest BCUT2D eigenvalue weighted by Crippen LogP contribution is 2.39. The Kier molecular flexibility index (Phi) is 47.1. The van der Waals surface area contributed by atoms with Gasteiger partial charge in [-0.1, -0.05) is 140 Å². The van der Waals surface area contributed by atoms with Gasteiger partial charge in [-0.2, -0.15) is 33.7 Å². The van der Waals surface area contributed by atoms with E-state index >= 15 is 0 Å². The largest absolute Gasteiger partial charge is 0.507 e. The lowest BCUT2D eigenvalue weighted by Crippen LogP contribution is -2.35. The van der Waals surface area contributed by atoms with E-state index in [1.165, 1.54) is 76.6 Å². The van der Waals surface area contributed by atoms with Crippen LogP contribution in [0.25, 0.3) is 0 Å². The molecule has 0 saturated carbocycles. The van der Waals surface area contributed by atoms with Crippen LogP contribution in [0.15, 0.2) is 68.1 Å². The van der Waals surface area contributed by atoms with Crippen molar-refractivity contribution in [3.05, 3.63) is 93.0 Å². The van der Waals surface area contributed by atoms with Crippen molar-refractivity contribution < 1.29 is 90.7 Å². The Balaban J connectivity index is 0.000000856. The first-order chi connectivity index (χ1) is 50.3. The second-order valence-electron chi connectivity index (χ2n) is 27.6. The van der Waals surface area contributed by atoms with Crippen molar-refractivity contribution in [2.24, 2.45) is 41.2 Å². The quantitative estimate of drug-likeness (QED) is 0.00846. The highest BCUT2D eigenvalue weighted by molar-refractivity contribution is 7.86. The first-order valence-electron chi connectivity index (χ1n) is 36.7. The van der Waals surface area contributed by atoms with Gasteiger partial charge in [-0.3, -0.25) is 46.8 Å².